The van der Waals surface area contributed by atoms with Gasteiger partial charge in [-0.15, -0.1) is 13.2 Å². The van der Waals surface area contributed by atoms with Gasteiger partial charge in [0, 0.05) is 11.8 Å². The Labute approximate surface area is 104 Å². The minimum Gasteiger partial charge on any atom is -0.330 e. The molecule has 4 nitrogen and oxygen atoms in total. The average Bonchev–Trinajstić information content (AvgIpc) is 2.23. The third kappa shape index (κ3) is 7.39. The molecule has 0 rings (SSSR count). The van der Waals surface area contributed by atoms with Crippen molar-refractivity contribution < 1.29 is 27.5 Å². The number of rotatable bonds is 8. The number of Topliss-reactive ketones (excluding diaryl/α,β-unsaturated/α-hetero) is 2. The molecule has 2 N–H and O–H groups in total. The van der Waals surface area contributed by atoms with Gasteiger partial charge < -0.3 is 5.73 Å². The zero-order chi connectivity index (χ0) is 14.3. The molecule has 0 saturated heterocycles. The summed E-state index contributed by atoms with van der Waals surface area (Å²) in [6.45, 7) is 2.14. The number of carbonyl (C=O) groups is 2. The van der Waals surface area contributed by atoms with Crippen LogP contribution < -0.4 is 5.73 Å². The van der Waals surface area contributed by atoms with Crippen LogP contribution in [0.1, 0.15) is 26.7 Å². The fourth-order valence-corrected chi connectivity index (χ4v) is 1.54. The van der Waals surface area contributed by atoms with Crippen molar-refractivity contribution >= 4 is 11.6 Å². The van der Waals surface area contributed by atoms with Crippen LogP contribution in [0.5, 0.6) is 0 Å². The van der Waals surface area contributed by atoms with Crippen LogP contribution in [0.3, 0.4) is 0 Å². The first-order valence-corrected chi connectivity index (χ1v) is 5.61. The number of carbonyl (C=O) groups excluding carboxylic acids is 2. The number of nitrogens with two attached hydrogens (primary N) is 1. The van der Waals surface area contributed by atoms with E-state index in [1.165, 1.54) is 13.8 Å². The highest BCUT2D eigenvalue weighted by molar-refractivity contribution is 5.83. The van der Waals surface area contributed by atoms with E-state index in [-0.39, 0.29) is 18.1 Å². The fraction of sp³-hybridized carbons (Fsp3) is 0.818. The van der Waals surface area contributed by atoms with Gasteiger partial charge in [0.2, 0.25) is 0 Å². The molecular formula is C11H18F3NO3. The predicted octanol–water partition coefficient (Wildman–Crippen LogP) is 1.67. The molecule has 0 aliphatic carbocycles. The summed E-state index contributed by atoms with van der Waals surface area (Å²) in [7, 11) is 0. The Morgan fingerprint density at radius 3 is 2.28 bits per heavy atom. The van der Waals surface area contributed by atoms with Gasteiger partial charge in [0.05, 0.1) is 0 Å². The molecule has 0 aliphatic rings. The van der Waals surface area contributed by atoms with Gasteiger partial charge in [-0.25, -0.2) is 0 Å². The standard InChI is InChI=1S/C11H18F3NO3/c1-7(5-9(3-4-15)8(2)16)10(17)6-18-11(12,13)14/h7,9H,3-6,15H2,1-2H3/t7-,9-/m0/s1. The smallest absolute Gasteiger partial charge is 0.330 e. The van der Waals surface area contributed by atoms with Crippen LogP contribution in [-0.4, -0.2) is 31.1 Å². The molecule has 7 heteroatoms. The van der Waals surface area contributed by atoms with Gasteiger partial charge in [0.1, 0.15) is 12.4 Å². The molecule has 0 aromatic heterocycles. The quantitative estimate of drug-likeness (QED) is 0.727. The van der Waals surface area contributed by atoms with E-state index >= 15 is 0 Å². The lowest BCUT2D eigenvalue weighted by molar-refractivity contribution is -0.321. The zero-order valence-electron chi connectivity index (χ0n) is 10.4. The predicted molar refractivity (Wildman–Crippen MR) is 58.6 cm³/mol. The summed E-state index contributed by atoms with van der Waals surface area (Å²) in [5.74, 6) is -1.83. The lowest BCUT2D eigenvalue weighted by Crippen LogP contribution is -2.27. The van der Waals surface area contributed by atoms with E-state index in [9.17, 15) is 22.8 Å². The third-order valence-electron chi connectivity index (χ3n) is 2.66. The minimum absolute atomic E-state index is 0.114. The maximum Gasteiger partial charge on any atom is 0.522 e. The Morgan fingerprint density at radius 1 is 1.33 bits per heavy atom. The minimum atomic E-state index is -4.81. The lowest BCUT2D eigenvalue weighted by Gasteiger charge is -2.17. The highest BCUT2D eigenvalue weighted by Gasteiger charge is 2.31. The first kappa shape index (κ1) is 17.1. The molecular weight excluding hydrogens is 251 g/mol. The van der Waals surface area contributed by atoms with E-state index in [2.05, 4.69) is 4.74 Å². The summed E-state index contributed by atoms with van der Waals surface area (Å²) in [5.41, 5.74) is 5.32. The number of alkyl halides is 3. The molecule has 0 unspecified atom stereocenters. The lowest BCUT2D eigenvalue weighted by atomic mass is 9.88. The molecule has 0 radical (unpaired) electrons. The number of hydrogen-bond donors (Lipinski definition) is 1. The second-order valence-electron chi connectivity index (χ2n) is 4.22. The summed E-state index contributed by atoms with van der Waals surface area (Å²) < 4.78 is 38.7. The molecule has 2 atom stereocenters. The van der Waals surface area contributed by atoms with Gasteiger partial charge in [-0.2, -0.15) is 0 Å². The Kier molecular flexibility index (Phi) is 7.08. The van der Waals surface area contributed by atoms with Crippen molar-refractivity contribution in [2.75, 3.05) is 13.2 Å². The van der Waals surface area contributed by atoms with Crippen molar-refractivity contribution in [1.82, 2.24) is 0 Å². The molecule has 0 aliphatic heterocycles. The fourth-order valence-electron chi connectivity index (χ4n) is 1.54. The molecule has 18 heavy (non-hydrogen) atoms. The summed E-state index contributed by atoms with van der Waals surface area (Å²) in [6, 6.07) is 0. The van der Waals surface area contributed by atoms with E-state index in [0.29, 0.717) is 13.0 Å². The van der Waals surface area contributed by atoms with E-state index in [0.717, 1.165) is 0 Å². The SMILES string of the molecule is CC(=O)[C@@H](CCN)C[C@H](C)C(=O)COC(F)(F)F. The Morgan fingerprint density at radius 2 is 1.89 bits per heavy atom. The number of ketones is 2. The van der Waals surface area contributed by atoms with Gasteiger partial charge in [-0.3, -0.25) is 14.3 Å². The van der Waals surface area contributed by atoms with Crippen LogP contribution >= 0.6 is 0 Å². The van der Waals surface area contributed by atoms with Gasteiger partial charge >= 0.3 is 6.36 Å². The van der Waals surface area contributed by atoms with E-state index in [4.69, 9.17) is 5.73 Å². The molecule has 0 aromatic rings. The highest BCUT2D eigenvalue weighted by Crippen LogP contribution is 2.20. The van der Waals surface area contributed by atoms with Crippen molar-refractivity contribution in [1.29, 1.82) is 0 Å². The topological polar surface area (TPSA) is 69.4 Å². The normalized spacial score (nSPS) is 15.2. The molecule has 106 valence electrons. The van der Waals surface area contributed by atoms with Gasteiger partial charge in [0.25, 0.3) is 0 Å². The van der Waals surface area contributed by atoms with E-state index < -0.39 is 24.7 Å². The third-order valence-corrected chi connectivity index (χ3v) is 2.66. The molecule has 0 fully saturated rings. The Hall–Kier alpha value is -0.950. The molecule has 0 amide bonds. The molecule has 0 aromatic carbocycles. The van der Waals surface area contributed by atoms with E-state index in [1.54, 1.807) is 0 Å². The summed E-state index contributed by atoms with van der Waals surface area (Å²) in [6.07, 6.45) is -4.19. The van der Waals surface area contributed by atoms with Crippen LogP contribution in [0, 0.1) is 11.8 Å². The Balaban J connectivity index is 4.24. The maximum absolute atomic E-state index is 11.7. The second kappa shape index (κ2) is 7.48. The van der Waals surface area contributed by atoms with Gasteiger partial charge in [0.15, 0.2) is 5.78 Å². The second-order valence-corrected chi connectivity index (χ2v) is 4.22. The van der Waals surface area contributed by atoms with Crippen LogP contribution in [0.25, 0.3) is 0 Å². The molecule has 0 spiro atoms. The van der Waals surface area contributed by atoms with E-state index in [1.807, 2.05) is 0 Å². The van der Waals surface area contributed by atoms with Crippen LogP contribution in [0.4, 0.5) is 13.2 Å². The van der Waals surface area contributed by atoms with Crippen LogP contribution in [0.2, 0.25) is 0 Å². The summed E-state index contributed by atoms with van der Waals surface area (Å²) in [4.78, 5) is 22.6. The number of halogens is 3. The number of hydrogen-bond acceptors (Lipinski definition) is 4. The average molecular weight is 269 g/mol. The van der Waals surface area contributed by atoms with Crippen molar-refractivity contribution in [3.63, 3.8) is 0 Å². The van der Waals surface area contributed by atoms with Crippen molar-refractivity contribution in [3.8, 4) is 0 Å². The Bertz CT molecular complexity index is 292. The van der Waals surface area contributed by atoms with Crippen LogP contribution in [0.15, 0.2) is 0 Å². The monoisotopic (exact) mass is 269 g/mol. The summed E-state index contributed by atoms with van der Waals surface area (Å²) in [5, 5.41) is 0. The molecule has 0 bridgehead atoms. The summed E-state index contributed by atoms with van der Waals surface area (Å²) >= 11 is 0. The maximum atomic E-state index is 11.7. The van der Waals surface area contributed by atoms with Crippen molar-refractivity contribution in [2.45, 2.75) is 33.1 Å². The first-order valence-electron chi connectivity index (χ1n) is 5.61. The highest BCUT2D eigenvalue weighted by atomic mass is 19.4. The molecule has 0 heterocycles. The van der Waals surface area contributed by atoms with Crippen molar-refractivity contribution in [3.05, 3.63) is 0 Å². The van der Waals surface area contributed by atoms with Gasteiger partial charge in [-0.1, -0.05) is 6.92 Å². The number of ether oxygens (including phenoxy) is 1. The largest absolute Gasteiger partial charge is 0.522 e. The zero-order valence-corrected chi connectivity index (χ0v) is 10.4. The van der Waals surface area contributed by atoms with Gasteiger partial charge in [-0.05, 0) is 26.3 Å². The van der Waals surface area contributed by atoms with Crippen LogP contribution in [-0.2, 0) is 14.3 Å². The molecule has 0 saturated carbocycles. The van der Waals surface area contributed by atoms with Crippen molar-refractivity contribution in [2.24, 2.45) is 17.6 Å². The first-order chi connectivity index (χ1) is 8.17.